The van der Waals surface area contributed by atoms with E-state index in [2.05, 4.69) is 6.58 Å². The van der Waals surface area contributed by atoms with Gasteiger partial charge in [-0.2, -0.15) is 0 Å². The van der Waals surface area contributed by atoms with Gasteiger partial charge in [-0.25, -0.2) is 0 Å². The normalized spacial score (nSPS) is 16.0. The summed E-state index contributed by atoms with van der Waals surface area (Å²) >= 11 is 0. The lowest BCUT2D eigenvalue weighted by molar-refractivity contribution is -0.144. The van der Waals surface area contributed by atoms with Crippen molar-refractivity contribution in [2.24, 2.45) is 0 Å². The Labute approximate surface area is 146 Å². The van der Waals surface area contributed by atoms with Crippen LogP contribution in [0.15, 0.2) is 30.9 Å². The number of ether oxygens (including phenoxy) is 3. The summed E-state index contributed by atoms with van der Waals surface area (Å²) in [7, 11) is 1.48. The van der Waals surface area contributed by atoms with Gasteiger partial charge in [0, 0.05) is 25.1 Å². The molecule has 1 atom stereocenters. The lowest BCUT2D eigenvalue weighted by Crippen LogP contribution is -2.48. The Balaban J connectivity index is 2.12. The van der Waals surface area contributed by atoms with Gasteiger partial charge < -0.3 is 19.3 Å². The molecular weight excluding hydrogens is 326 g/mol. The minimum atomic E-state index is -1.01. The lowest BCUT2D eigenvalue weighted by atomic mass is 10.0. The fourth-order valence-electron chi connectivity index (χ4n) is 2.66. The van der Waals surface area contributed by atoms with Crippen molar-refractivity contribution in [3.05, 3.63) is 36.4 Å². The van der Waals surface area contributed by atoms with Crippen molar-refractivity contribution in [2.45, 2.75) is 12.5 Å². The zero-order chi connectivity index (χ0) is 18.2. The molecular formula is C18H23NO6. The number of aliphatic carboxylic acids is 1. The first kappa shape index (κ1) is 19.0. The molecule has 1 unspecified atom stereocenters. The molecule has 1 aliphatic rings. The monoisotopic (exact) mass is 349 g/mol. The molecule has 25 heavy (non-hydrogen) atoms. The molecule has 2 rings (SSSR count). The smallest absolute Gasteiger partial charge is 0.321 e. The Morgan fingerprint density at radius 3 is 2.68 bits per heavy atom. The van der Waals surface area contributed by atoms with Crippen LogP contribution in [0.3, 0.4) is 0 Å². The van der Waals surface area contributed by atoms with E-state index in [1.807, 2.05) is 0 Å². The molecule has 0 spiro atoms. The van der Waals surface area contributed by atoms with Crippen LogP contribution < -0.4 is 9.47 Å². The molecule has 0 aromatic heterocycles. The minimum absolute atomic E-state index is 0.106. The second-order valence-electron chi connectivity index (χ2n) is 5.59. The van der Waals surface area contributed by atoms with E-state index in [0.29, 0.717) is 50.0 Å². The van der Waals surface area contributed by atoms with Crippen LogP contribution in [0.1, 0.15) is 16.8 Å². The number of benzene rings is 1. The minimum Gasteiger partial charge on any atom is -0.493 e. The van der Waals surface area contributed by atoms with Crippen molar-refractivity contribution in [2.75, 3.05) is 40.0 Å². The summed E-state index contributed by atoms with van der Waals surface area (Å²) in [6.45, 7) is 5.85. The third-order valence-corrected chi connectivity index (χ3v) is 3.99. The zero-order valence-corrected chi connectivity index (χ0v) is 14.3. The molecule has 0 radical (unpaired) electrons. The third kappa shape index (κ3) is 5.04. The van der Waals surface area contributed by atoms with Crippen molar-refractivity contribution in [3.8, 4) is 11.5 Å². The number of morpholine rings is 1. The summed E-state index contributed by atoms with van der Waals surface area (Å²) in [6.07, 6.45) is 1.50. The maximum absolute atomic E-state index is 12.6. The summed E-state index contributed by atoms with van der Waals surface area (Å²) in [6, 6.07) is 3.96. The van der Waals surface area contributed by atoms with Gasteiger partial charge in [0.1, 0.15) is 12.6 Å². The molecule has 7 heteroatoms. The number of carbonyl (C=O) groups excluding carboxylic acids is 1. The number of carboxylic acids is 1. The molecule has 1 N–H and O–H groups in total. The van der Waals surface area contributed by atoms with Gasteiger partial charge in [0.15, 0.2) is 17.3 Å². The van der Waals surface area contributed by atoms with Gasteiger partial charge in [-0.3, -0.25) is 14.5 Å². The molecule has 1 fully saturated rings. The molecule has 136 valence electrons. The molecule has 1 saturated heterocycles. The molecule has 1 aromatic carbocycles. The highest BCUT2D eigenvalue weighted by atomic mass is 16.5. The maximum Gasteiger partial charge on any atom is 0.321 e. The first-order chi connectivity index (χ1) is 12.1. The SMILES string of the molecule is C=CCOc1ccc(C(=O)CC(C(=O)O)N2CCOCC2)cc1OC. The standard InChI is InChI=1S/C18H23NO6/c1-3-8-25-16-5-4-13(11-17(16)23-2)15(20)12-14(18(21)22)19-6-9-24-10-7-19/h3-5,11,14H,1,6-10,12H2,2H3,(H,21,22). The van der Waals surface area contributed by atoms with Crippen LogP contribution in [-0.4, -0.2) is 67.8 Å². The summed E-state index contributed by atoms with van der Waals surface area (Å²) in [4.78, 5) is 25.9. The van der Waals surface area contributed by atoms with E-state index >= 15 is 0 Å². The van der Waals surface area contributed by atoms with E-state index in [4.69, 9.17) is 14.2 Å². The molecule has 0 bridgehead atoms. The number of methoxy groups -OCH3 is 1. The average molecular weight is 349 g/mol. The molecule has 0 saturated carbocycles. The van der Waals surface area contributed by atoms with E-state index in [1.165, 1.54) is 7.11 Å². The van der Waals surface area contributed by atoms with E-state index in [9.17, 15) is 14.7 Å². The number of rotatable bonds is 9. The summed E-state index contributed by atoms with van der Waals surface area (Å²) in [5, 5.41) is 9.47. The van der Waals surface area contributed by atoms with Gasteiger partial charge in [-0.05, 0) is 18.2 Å². The fourth-order valence-corrected chi connectivity index (χ4v) is 2.66. The number of carboxylic acid groups (broad SMARTS) is 1. The first-order valence-electron chi connectivity index (χ1n) is 8.06. The number of Topliss-reactive ketones (excluding diaryl/α,β-unsaturated/α-hetero) is 1. The average Bonchev–Trinajstić information content (AvgIpc) is 2.64. The maximum atomic E-state index is 12.6. The highest BCUT2D eigenvalue weighted by molar-refractivity contribution is 5.99. The van der Waals surface area contributed by atoms with Crippen molar-refractivity contribution in [3.63, 3.8) is 0 Å². The van der Waals surface area contributed by atoms with E-state index in [-0.39, 0.29) is 12.2 Å². The number of carbonyl (C=O) groups is 2. The van der Waals surface area contributed by atoms with Crippen molar-refractivity contribution in [1.29, 1.82) is 0 Å². The topological polar surface area (TPSA) is 85.3 Å². The van der Waals surface area contributed by atoms with Gasteiger partial charge >= 0.3 is 5.97 Å². The predicted octanol–water partition coefficient (Wildman–Crippen LogP) is 1.62. The number of ketones is 1. The Morgan fingerprint density at radius 1 is 1.36 bits per heavy atom. The largest absolute Gasteiger partial charge is 0.493 e. The molecule has 1 aromatic rings. The van der Waals surface area contributed by atoms with E-state index < -0.39 is 12.0 Å². The molecule has 1 aliphatic heterocycles. The van der Waals surface area contributed by atoms with Crippen LogP contribution in [0.4, 0.5) is 0 Å². The zero-order valence-electron chi connectivity index (χ0n) is 14.3. The predicted molar refractivity (Wildman–Crippen MR) is 91.4 cm³/mol. The lowest BCUT2D eigenvalue weighted by Gasteiger charge is -2.31. The van der Waals surface area contributed by atoms with Crippen LogP contribution in [0.5, 0.6) is 11.5 Å². The quantitative estimate of drug-likeness (QED) is 0.535. The summed E-state index contributed by atoms with van der Waals surface area (Å²) < 4.78 is 15.9. The highest BCUT2D eigenvalue weighted by Gasteiger charge is 2.29. The van der Waals surface area contributed by atoms with Gasteiger partial charge in [0.2, 0.25) is 0 Å². The Morgan fingerprint density at radius 2 is 2.08 bits per heavy atom. The Kier molecular flexibility index (Phi) is 6.97. The van der Waals surface area contributed by atoms with Crippen LogP contribution in [0.25, 0.3) is 0 Å². The van der Waals surface area contributed by atoms with E-state index in [1.54, 1.807) is 29.2 Å². The molecule has 0 aliphatic carbocycles. The number of hydrogen-bond acceptors (Lipinski definition) is 6. The van der Waals surface area contributed by atoms with Crippen LogP contribution in [0, 0.1) is 0 Å². The summed E-state index contributed by atoms with van der Waals surface area (Å²) in [5.41, 5.74) is 0.391. The van der Waals surface area contributed by atoms with Crippen molar-refractivity contribution < 1.29 is 28.9 Å². The fraction of sp³-hybridized carbons (Fsp3) is 0.444. The van der Waals surface area contributed by atoms with Gasteiger partial charge in [0.05, 0.1) is 20.3 Å². The highest BCUT2D eigenvalue weighted by Crippen LogP contribution is 2.29. The number of nitrogens with zero attached hydrogens (tertiary/aromatic N) is 1. The van der Waals surface area contributed by atoms with Crippen LogP contribution in [-0.2, 0) is 9.53 Å². The first-order valence-corrected chi connectivity index (χ1v) is 8.06. The molecule has 7 nitrogen and oxygen atoms in total. The second kappa shape index (κ2) is 9.19. The van der Waals surface area contributed by atoms with Gasteiger partial charge in [-0.15, -0.1) is 0 Å². The Hall–Kier alpha value is -2.38. The van der Waals surface area contributed by atoms with Crippen LogP contribution in [0.2, 0.25) is 0 Å². The second-order valence-corrected chi connectivity index (χ2v) is 5.59. The van der Waals surface area contributed by atoms with Gasteiger partial charge in [-0.1, -0.05) is 12.7 Å². The number of hydrogen-bond donors (Lipinski definition) is 1. The van der Waals surface area contributed by atoms with Crippen molar-refractivity contribution >= 4 is 11.8 Å². The van der Waals surface area contributed by atoms with Crippen LogP contribution >= 0.6 is 0 Å². The van der Waals surface area contributed by atoms with E-state index in [0.717, 1.165) is 0 Å². The third-order valence-electron chi connectivity index (χ3n) is 3.99. The van der Waals surface area contributed by atoms with Gasteiger partial charge in [0.25, 0.3) is 0 Å². The Bertz CT molecular complexity index is 624. The molecule has 0 amide bonds. The van der Waals surface area contributed by atoms with Crippen molar-refractivity contribution in [1.82, 2.24) is 4.90 Å². The molecule has 1 heterocycles. The summed E-state index contributed by atoms with van der Waals surface area (Å²) in [5.74, 6) is -0.339.